The van der Waals surface area contributed by atoms with Crippen molar-refractivity contribution in [2.24, 2.45) is 5.92 Å². The van der Waals surface area contributed by atoms with E-state index in [1.54, 1.807) is 21.9 Å². The molecule has 2 aromatic carbocycles. The average molecular weight is 575 g/mol. The van der Waals surface area contributed by atoms with Crippen molar-refractivity contribution in [2.45, 2.75) is 78.8 Å². The second kappa shape index (κ2) is 13.1. The van der Waals surface area contributed by atoms with Crippen molar-refractivity contribution in [3.05, 3.63) is 70.9 Å². The van der Waals surface area contributed by atoms with Gasteiger partial charge in [0.25, 0.3) is 5.91 Å². The van der Waals surface area contributed by atoms with Crippen LogP contribution in [0.15, 0.2) is 48.5 Å². The number of aromatic nitrogens is 1. The second-order valence-corrected chi connectivity index (χ2v) is 11.9. The van der Waals surface area contributed by atoms with Gasteiger partial charge < -0.3 is 19.1 Å². The van der Waals surface area contributed by atoms with Crippen LogP contribution in [-0.4, -0.2) is 64.1 Å². The van der Waals surface area contributed by atoms with E-state index in [0.717, 1.165) is 53.4 Å². The van der Waals surface area contributed by atoms with Crippen molar-refractivity contribution in [3.8, 4) is 0 Å². The molecule has 2 saturated heterocycles. The molecule has 0 bridgehead atoms. The number of nitrogens with zero attached hydrogens (tertiary/aromatic N) is 3. The number of amides is 3. The summed E-state index contributed by atoms with van der Waals surface area (Å²) in [4.78, 5) is 48.0. The molecule has 2 aliphatic heterocycles. The second-order valence-electron chi connectivity index (χ2n) is 11.9. The van der Waals surface area contributed by atoms with Crippen LogP contribution < -0.4 is 5.48 Å². The minimum Gasteiger partial charge on any atom is -0.350 e. The summed E-state index contributed by atoms with van der Waals surface area (Å²) in [5.74, 6) is 0.123. The van der Waals surface area contributed by atoms with E-state index in [1.165, 1.54) is 0 Å². The lowest BCUT2D eigenvalue weighted by Gasteiger charge is -2.39. The molecule has 2 atom stereocenters. The van der Waals surface area contributed by atoms with E-state index < -0.39 is 12.3 Å². The highest BCUT2D eigenvalue weighted by atomic mass is 16.8. The van der Waals surface area contributed by atoms with E-state index in [2.05, 4.69) is 43.0 Å². The molecule has 0 aliphatic carbocycles. The number of para-hydroxylation sites is 1. The van der Waals surface area contributed by atoms with E-state index in [4.69, 9.17) is 9.57 Å². The van der Waals surface area contributed by atoms with Gasteiger partial charge in [-0.15, -0.1) is 0 Å². The lowest BCUT2D eigenvalue weighted by molar-refractivity contribution is -0.186. The van der Waals surface area contributed by atoms with Crippen LogP contribution >= 0.6 is 0 Å². The van der Waals surface area contributed by atoms with Gasteiger partial charge in [0.15, 0.2) is 6.29 Å². The van der Waals surface area contributed by atoms with Crippen molar-refractivity contribution < 1.29 is 24.0 Å². The highest BCUT2D eigenvalue weighted by molar-refractivity contribution is 5.95. The van der Waals surface area contributed by atoms with Gasteiger partial charge in [-0.05, 0) is 68.4 Å². The number of ether oxygens (including phenoxy) is 1. The van der Waals surface area contributed by atoms with Crippen LogP contribution in [0.1, 0.15) is 73.6 Å². The smallest absolute Gasteiger partial charge is 0.274 e. The molecule has 224 valence electrons. The molecule has 0 radical (unpaired) electrons. The number of nitrogens with one attached hydrogen (secondary N) is 1. The third-order valence-electron chi connectivity index (χ3n) is 8.41. The minimum absolute atomic E-state index is 0.00320. The van der Waals surface area contributed by atoms with Gasteiger partial charge in [-0.25, -0.2) is 10.3 Å². The fourth-order valence-electron chi connectivity index (χ4n) is 5.78. The molecule has 9 nitrogen and oxygen atoms in total. The van der Waals surface area contributed by atoms with Crippen LogP contribution in [0, 0.1) is 12.8 Å². The molecule has 1 N–H and O–H groups in total. The highest BCUT2D eigenvalue weighted by Crippen LogP contribution is 2.29. The lowest BCUT2D eigenvalue weighted by Crippen LogP contribution is -2.58. The Hall–Kier alpha value is -3.69. The molecule has 9 heteroatoms. The summed E-state index contributed by atoms with van der Waals surface area (Å²) in [6, 6.07) is 15.1. The van der Waals surface area contributed by atoms with Gasteiger partial charge >= 0.3 is 0 Å². The van der Waals surface area contributed by atoms with Crippen molar-refractivity contribution in [3.63, 3.8) is 0 Å². The van der Waals surface area contributed by atoms with E-state index >= 15 is 0 Å². The van der Waals surface area contributed by atoms with Crippen LogP contribution in [0.3, 0.4) is 0 Å². The van der Waals surface area contributed by atoms with Crippen LogP contribution in [0.25, 0.3) is 10.9 Å². The number of fused-ring (bicyclic) bond motifs is 1. The Labute approximate surface area is 247 Å². The third-order valence-corrected chi connectivity index (χ3v) is 8.41. The molecular formula is C33H42N4O5. The normalized spacial score (nSPS) is 19.6. The van der Waals surface area contributed by atoms with E-state index in [0.29, 0.717) is 37.7 Å². The first-order valence-corrected chi connectivity index (χ1v) is 15.0. The summed E-state index contributed by atoms with van der Waals surface area (Å²) in [7, 11) is 0. The quantitative estimate of drug-likeness (QED) is 0.352. The summed E-state index contributed by atoms with van der Waals surface area (Å²) in [5, 5.41) is 1.12. The maximum absolute atomic E-state index is 13.3. The molecule has 2 aliphatic rings. The Kier molecular flexibility index (Phi) is 9.28. The Morgan fingerprint density at radius 3 is 2.55 bits per heavy atom. The van der Waals surface area contributed by atoms with E-state index in [-0.39, 0.29) is 24.3 Å². The SMILES string of the molecule is Cc1c(CN2C(=O)CN(CCC(C)C)C(=O)C2C)n(Cc2ccc(C(=O)NOC3CCCCO3)cc2)c2ccccc12. The summed E-state index contributed by atoms with van der Waals surface area (Å²) in [6.07, 6.45) is 3.26. The first kappa shape index (κ1) is 29.8. The average Bonchev–Trinajstić information content (AvgIpc) is 3.26. The summed E-state index contributed by atoms with van der Waals surface area (Å²) in [5.41, 5.74) is 7.18. The maximum Gasteiger partial charge on any atom is 0.274 e. The van der Waals surface area contributed by atoms with Gasteiger partial charge in [0, 0.05) is 48.3 Å². The fraction of sp³-hybridized carbons (Fsp3) is 0.485. The van der Waals surface area contributed by atoms with Crippen LogP contribution in [0.4, 0.5) is 0 Å². The number of piperazine rings is 1. The standard InChI is InChI=1S/C33H42N4O5/c1-22(2)16-17-35-21-30(38)36(24(4)33(35)40)20-29-23(3)27-9-5-6-10-28(27)37(29)19-25-12-14-26(15-13-25)32(39)34-42-31-11-7-8-18-41-31/h5-6,9-10,12-15,22,24,31H,7-8,11,16-21H2,1-4H3,(H,34,39). The Morgan fingerprint density at radius 2 is 1.83 bits per heavy atom. The predicted octanol–water partition coefficient (Wildman–Crippen LogP) is 4.79. The maximum atomic E-state index is 13.3. The summed E-state index contributed by atoms with van der Waals surface area (Å²) >= 11 is 0. The predicted molar refractivity (Wildman–Crippen MR) is 160 cm³/mol. The molecule has 42 heavy (non-hydrogen) atoms. The number of hydroxylamine groups is 1. The zero-order valence-corrected chi connectivity index (χ0v) is 25.1. The van der Waals surface area contributed by atoms with Gasteiger partial charge in [0.2, 0.25) is 11.8 Å². The molecule has 2 unspecified atom stereocenters. The monoisotopic (exact) mass is 574 g/mol. The molecule has 3 heterocycles. The van der Waals surface area contributed by atoms with Crippen molar-refractivity contribution in [2.75, 3.05) is 19.7 Å². The molecule has 5 rings (SSSR count). The topological polar surface area (TPSA) is 93.1 Å². The highest BCUT2D eigenvalue weighted by Gasteiger charge is 2.37. The largest absolute Gasteiger partial charge is 0.350 e. The van der Waals surface area contributed by atoms with E-state index in [1.807, 2.05) is 31.2 Å². The lowest BCUT2D eigenvalue weighted by atomic mass is 10.1. The fourth-order valence-corrected chi connectivity index (χ4v) is 5.78. The number of carbonyl (C=O) groups excluding carboxylic acids is 3. The minimum atomic E-state index is -0.525. The molecule has 1 aromatic heterocycles. The number of hydrogen-bond donors (Lipinski definition) is 1. The first-order chi connectivity index (χ1) is 20.2. The van der Waals surface area contributed by atoms with Gasteiger partial charge in [-0.3, -0.25) is 14.4 Å². The molecule has 0 spiro atoms. The molecular weight excluding hydrogens is 532 g/mol. The molecule has 3 amide bonds. The number of rotatable bonds is 10. The van der Waals surface area contributed by atoms with Crippen molar-refractivity contribution >= 4 is 28.6 Å². The first-order valence-electron chi connectivity index (χ1n) is 15.0. The van der Waals surface area contributed by atoms with Crippen molar-refractivity contribution in [1.29, 1.82) is 0 Å². The Morgan fingerprint density at radius 1 is 1.07 bits per heavy atom. The van der Waals surface area contributed by atoms with Crippen molar-refractivity contribution in [1.82, 2.24) is 19.8 Å². The number of aryl methyl sites for hydroxylation is 1. The van der Waals surface area contributed by atoms with Crippen LogP contribution in [-0.2, 0) is 32.3 Å². The number of carbonyl (C=O) groups is 3. The summed E-state index contributed by atoms with van der Waals surface area (Å²) in [6.45, 7) is 10.4. The van der Waals surface area contributed by atoms with E-state index in [9.17, 15) is 14.4 Å². The van der Waals surface area contributed by atoms with Gasteiger partial charge in [-0.2, -0.15) is 0 Å². The molecule has 2 fully saturated rings. The summed E-state index contributed by atoms with van der Waals surface area (Å²) < 4.78 is 7.73. The molecule has 3 aromatic rings. The zero-order chi connectivity index (χ0) is 29.8. The third kappa shape index (κ3) is 6.52. The van der Waals surface area contributed by atoms with Gasteiger partial charge in [-0.1, -0.05) is 44.2 Å². The van der Waals surface area contributed by atoms with Crippen LogP contribution in [0.5, 0.6) is 0 Å². The molecule has 0 saturated carbocycles. The van der Waals surface area contributed by atoms with Gasteiger partial charge in [0.1, 0.15) is 6.04 Å². The number of benzene rings is 2. The Bertz CT molecular complexity index is 1420. The van der Waals surface area contributed by atoms with Crippen LogP contribution in [0.2, 0.25) is 0 Å². The Balaban J connectivity index is 1.33. The zero-order valence-electron chi connectivity index (χ0n) is 25.1. The number of hydrogen-bond acceptors (Lipinski definition) is 5. The van der Waals surface area contributed by atoms with Gasteiger partial charge in [0.05, 0.1) is 13.1 Å².